The predicted octanol–water partition coefficient (Wildman–Crippen LogP) is 4.73. The van der Waals surface area contributed by atoms with Crippen LogP contribution in [0.1, 0.15) is 24.1 Å². The topological polar surface area (TPSA) is 49.3 Å². The lowest BCUT2D eigenvalue weighted by molar-refractivity contribution is 0.174. The first-order valence-corrected chi connectivity index (χ1v) is 9.83. The summed E-state index contributed by atoms with van der Waals surface area (Å²) in [5.74, 6) is 0. The molecule has 5 rings (SSSR count). The third-order valence-electron chi connectivity index (χ3n) is 6.07. The van der Waals surface area contributed by atoms with Gasteiger partial charge in [-0.25, -0.2) is 4.79 Å². The molecule has 1 spiro atoms. The fourth-order valence-corrected chi connectivity index (χ4v) is 4.47. The molecule has 2 aliphatic heterocycles. The smallest absolute Gasteiger partial charge is 0.321 e. The van der Waals surface area contributed by atoms with Crippen LogP contribution in [0.3, 0.4) is 0 Å². The Labute approximate surface area is 165 Å². The highest BCUT2D eigenvalue weighted by Crippen LogP contribution is 2.43. The fourth-order valence-electron chi connectivity index (χ4n) is 4.47. The molecule has 2 aromatic carbocycles. The summed E-state index contributed by atoms with van der Waals surface area (Å²) in [7, 11) is 0. The highest BCUT2D eigenvalue weighted by molar-refractivity contribution is 5.90. The average Bonchev–Trinajstić information content (AvgIpc) is 3.22. The maximum absolute atomic E-state index is 12.8. The number of para-hydroxylation sites is 3. The van der Waals surface area contributed by atoms with Gasteiger partial charge in [0.2, 0.25) is 0 Å². The number of hydrogen-bond acceptors (Lipinski definition) is 2. The molecule has 0 aliphatic carbocycles. The van der Waals surface area contributed by atoms with Crippen LogP contribution in [0, 0.1) is 6.92 Å². The van der Waals surface area contributed by atoms with Crippen LogP contribution >= 0.6 is 0 Å². The molecule has 5 nitrogen and oxygen atoms in total. The van der Waals surface area contributed by atoms with Crippen LogP contribution in [-0.4, -0.2) is 28.6 Å². The molecule has 1 saturated heterocycles. The number of urea groups is 1. The Morgan fingerprint density at radius 1 is 1.00 bits per heavy atom. The van der Waals surface area contributed by atoms with Gasteiger partial charge in [0.1, 0.15) is 0 Å². The highest BCUT2D eigenvalue weighted by Gasteiger charge is 2.42. The Bertz CT molecular complexity index is 1030. The summed E-state index contributed by atoms with van der Waals surface area (Å²) in [5, 5.41) is 6.86. The highest BCUT2D eigenvalue weighted by atomic mass is 16.2. The monoisotopic (exact) mass is 372 g/mol. The van der Waals surface area contributed by atoms with Crippen molar-refractivity contribution in [1.82, 2.24) is 9.47 Å². The number of rotatable bonds is 1. The number of fused-ring (bicyclic) bond motifs is 4. The number of aryl methyl sites for hydroxylation is 1. The molecule has 3 heterocycles. The van der Waals surface area contributed by atoms with Crippen molar-refractivity contribution in [2.75, 3.05) is 23.7 Å². The minimum Gasteiger partial charge on any atom is -0.372 e. The molecule has 2 aliphatic rings. The number of nitrogens with one attached hydrogen (secondary N) is 2. The Morgan fingerprint density at radius 2 is 1.75 bits per heavy atom. The van der Waals surface area contributed by atoms with E-state index in [1.807, 2.05) is 36.1 Å². The van der Waals surface area contributed by atoms with Crippen LogP contribution in [0.15, 0.2) is 66.9 Å². The van der Waals surface area contributed by atoms with Crippen molar-refractivity contribution in [3.05, 3.63) is 78.1 Å². The van der Waals surface area contributed by atoms with Crippen LogP contribution in [0.5, 0.6) is 0 Å². The predicted molar refractivity (Wildman–Crippen MR) is 112 cm³/mol. The fraction of sp³-hybridized carbons (Fsp3) is 0.261. The second kappa shape index (κ2) is 6.44. The Balaban J connectivity index is 1.35. The summed E-state index contributed by atoms with van der Waals surface area (Å²) >= 11 is 0. The summed E-state index contributed by atoms with van der Waals surface area (Å²) < 4.78 is 2.29. The molecule has 28 heavy (non-hydrogen) atoms. The number of aromatic nitrogens is 1. The molecule has 142 valence electrons. The third kappa shape index (κ3) is 2.66. The zero-order chi connectivity index (χ0) is 19.1. The van der Waals surface area contributed by atoms with Gasteiger partial charge < -0.3 is 20.1 Å². The minimum absolute atomic E-state index is 0.0178. The van der Waals surface area contributed by atoms with Gasteiger partial charge >= 0.3 is 6.03 Å². The number of hydrogen-bond donors (Lipinski definition) is 2. The van der Waals surface area contributed by atoms with Gasteiger partial charge in [-0.3, -0.25) is 0 Å². The van der Waals surface area contributed by atoms with Gasteiger partial charge in [0, 0.05) is 30.7 Å². The van der Waals surface area contributed by atoms with E-state index in [1.54, 1.807) is 0 Å². The third-order valence-corrected chi connectivity index (χ3v) is 6.07. The van der Waals surface area contributed by atoms with E-state index in [2.05, 4.69) is 57.8 Å². The van der Waals surface area contributed by atoms with E-state index in [1.165, 1.54) is 11.4 Å². The summed E-state index contributed by atoms with van der Waals surface area (Å²) in [4.78, 5) is 14.7. The number of likely N-dealkylation sites (tertiary alicyclic amines) is 1. The first-order chi connectivity index (χ1) is 13.7. The van der Waals surface area contributed by atoms with Crippen molar-refractivity contribution in [2.24, 2.45) is 0 Å². The zero-order valence-electron chi connectivity index (χ0n) is 16.0. The van der Waals surface area contributed by atoms with Gasteiger partial charge in [-0.05, 0) is 55.7 Å². The average molecular weight is 372 g/mol. The quantitative estimate of drug-likeness (QED) is 0.648. The Morgan fingerprint density at radius 3 is 2.57 bits per heavy atom. The number of amides is 2. The van der Waals surface area contributed by atoms with Crippen LogP contribution in [0.4, 0.5) is 16.2 Å². The lowest BCUT2D eigenvalue weighted by atomic mass is 9.82. The van der Waals surface area contributed by atoms with Crippen LogP contribution in [0.2, 0.25) is 0 Å². The van der Waals surface area contributed by atoms with Gasteiger partial charge in [-0.1, -0.05) is 30.3 Å². The van der Waals surface area contributed by atoms with E-state index in [0.717, 1.165) is 42.9 Å². The number of benzene rings is 2. The molecule has 0 bridgehead atoms. The summed E-state index contributed by atoms with van der Waals surface area (Å²) in [6.45, 7) is 3.45. The number of nitrogens with zero attached hydrogens (tertiary/aromatic N) is 2. The van der Waals surface area contributed by atoms with Gasteiger partial charge in [-0.15, -0.1) is 0 Å². The van der Waals surface area contributed by atoms with Crippen LogP contribution in [-0.2, 0) is 5.54 Å². The number of anilines is 2. The zero-order valence-corrected chi connectivity index (χ0v) is 16.0. The standard InChI is InChI=1S/C23H24N4O/c1-17-7-2-3-8-18(17)24-22(28)26-15-12-23(13-16-26)21-11-6-14-27(21)20-10-5-4-9-19(20)25-23/h2-11,14,25H,12-13,15-16H2,1H3,(H,24,28). The van der Waals surface area contributed by atoms with E-state index in [4.69, 9.17) is 0 Å². The maximum atomic E-state index is 12.8. The normalized spacial score (nSPS) is 16.8. The molecule has 0 atom stereocenters. The molecule has 0 unspecified atom stereocenters. The lowest BCUT2D eigenvalue weighted by Gasteiger charge is -2.46. The molecule has 0 saturated carbocycles. The maximum Gasteiger partial charge on any atom is 0.321 e. The Hall–Kier alpha value is -3.21. The number of carbonyl (C=O) groups excluding carboxylic acids is 1. The van der Waals surface area contributed by atoms with Crippen molar-refractivity contribution in [2.45, 2.75) is 25.3 Å². The molecule has 1 aromatic heterocycles. The molecule has 0 radical (unpaired) electrons. The second-order valence-corrected chi connectivity index (χ2v) is 7.72. The van der Waals surface area contributed by atoms with Crippen molar-refractivity contribution >= 4 is 17.4 Å². The molecular formula is C23H24N4O. The summed E-state index contributed by atoms with van der Waals surface area (Å²) in [6, 6.07) is 20.6. The van der Waals surface area contributed by atoms with E-state index < -0.39 is 0 Å². The molecule has 5 heteroatoms. The molecule has 3 aromatic rings. The van der Waals surface area contributed by atoms with Gasteiger partial charge in [0.15, 0.2) is 0 Å². The van der Waals surface area contributed by atoms with Gasteiger partial charge in [0.05, 0.1) is 16.9 Å². The van der Waals surface area contributed by atoms with Crippen molar-refractivity contribution in [3.8, 4) is 5.69 Å². The van der Waals surface area contributed by atoms with Crippen molar-refractivity contribution < 1.29 is 4.79 Å². The van der Waals surface area contributed by atoms with E-state index in [-0.39, 0.29) is 11.6 Å². The summed E-state index contributed by atoms with van der Waals surface area (Å²) in [5.41, 5.74) is 5.46. The van der Waals surface area contributed by atoms with Gasteiger partial charge in [-0.2, -0.15) is 0 Å². The minimum atomic E-state index is -0.128. The van der Waals surface area contributed by atoms with Gasteiger partial charge in [0.25, 0.3) is 0 Å². The second-order valence-electron chi connectivity index (χ2n) is 7.72. The number of piperidine rings is 1. The first kappa shape index (κ1) is 16.9. The molecular weight excluding hydrogens is 348 g/mol. The van der Waals surface area contributed by atoms with Crippen molar-refractivity contribution in [3.63, 3.8) is 0 Å². The van der Waals surface area contributed by atoms with Crippen molar-refractivity contribution in [1.29, 1.82) is 0 Å². The van der Waals surface area contributed by atoms with E-state index in [0.29, 0.717) is 0 Å². The van der Waals surface area contributed by atoms with E-state index in [9.17, 15) is 4.79 Å². The van der Waals surface area contributed by atoms with Crippen LogP contribution in [0.25, 0.3) is 5.69 Å². The Kier molecular flexibility index (Phi) is 3.90. The lowest BCUT2D eigenvalue weighted by Crippen LogP contribution is -2.51. The number of carbonyl (C=O) groups is 1. The molecule has 2 amide bonds. The molecule has 1 fully saturated rings. The largest absolute Gasteiger partial charge is 0.372 e. The SMILES string of the molecule is Cc1ccccc1NC(=O)N1CCC2(CC1)Nc1ccccc1-n1cccc12. The van der Waals surface area contributed by atoms with Crippen LogP contribution < -0.4 is 10.6 Å². The molecule has 2 N–H and O–H groups in total. The summed E-state index contributed by atoms with van der Waals surface area (Å²) in [6.07, 6.45) is 3.90. The first-order valence-electron chi connectivity index (χ1n) is 9.83. The van der Waals surface area contributed by atoms with E-state index >= 15 is 0 Å².